The number of nitro groups is 1. The molecule has 0 aliphatic carbocycles. The van der Waals surface area contributed by atoms with Crippen LogP contribution in [0.5, 0.6) is 11.5 Å². The zero-order valence-corrected chi connectivity index (χ0v) is 10.5. The first-order valence-electron chi connectivity index (χ1n) is 5.71. The van der Waals surface area contributed by atoms with Gasteiger partial charge in [0, 0.05) is 12.1 Å². The molecule has 0 spiro atoms. The Hall–Kier alpha value is -2.76. The second-order valence-corrected chi connectivity index (χ2v) is 4.02. The molecule has 5 nitrogen and oxygen atoms in total. The molecule has 0 bridgehead atoms. The third-order valence-corrected chi connectivity index (χ3v) is 2.61. The van der Waals surface area contributed by atoms with Gasteiger partial charge in [-0.25, -0.2) is 0 Å². The number of hydrogen-bond acceptors (Lipinski definition) is 4. The molecule has 2 aromatic rings. The van der Waals surface area contributed by atoms with Crippen molar-refractivity contribution in [3.8, 4) is 11.5 Å². The van der Waals surface area contributed by atoms with E-state index in [0.29, 0.717) is 5.56 Å². The third-order valence-electron chi connectivity index (χ3n) is 2.61. The molecule has 2 aromatic carbocycles. The van der Waals surface area contributed by atoms with Crippen LogP contribution in [0.1, 0.15) is 17.3 Å². The molecular formula is C14H10FNO4. The van der Waals surface area contributed by atoms with Crippen molar-refractivity contribution in [3.63, 3.8) is 0 Å². The fourth-order valence-corrected chi connectivity index (χ4v) is 1.67. The second-order valence-electron chi connectivity index (χ2n) is 4.02. The molecule has 0 saturated carbocycles. The van der Waals surface area contributed by atoms with Crippen molar-refractivity contribution >= 4 is 11.5 Å². The minimum absolute atomic E-state index is 0.0850. The van der Waals surface area contributed by atoms with E-state index in [2.05, 4.69) is 0 Å². The third kappa shape index (κ3) is 2.80. The molecule has 6 heteroatoms. The van der Waals surface area contributed by atoms with Crippen molar-refractivity contribution < 1.29 is 18.8 Å². The topological polar surface area (TPSA) is 69.4 Å². The van der Waals surface area contributed by atoms with Crippen molar-refractivity contribution in [1.29, 1.82) is 0 Å². The quantitative estimate of drug-likeness (QED) is 0.484. The number of Topliss-reactive ketones (excluding diaryl/α,β-unsaturated/α-hetero) is 1. The lowest BCUT2D eigenvalue weighted by atomic mass is 10.1. The standard InChI is InChI=1S/C14H10FNO4/c1-9(17)11-4-2-3-5-14(11)20-10-6-7-13(16(18)19)12(15)8-10/h2-8H,1H3. The highest BCUT2D eigenvalue weighted by Gasteiger charge is 2.15. The number of para-hydroxylation sites is 1. The number of carbonyl (C=O) groups is 1. The van der Waals surface area contributed by atoms with Crippen molar-refractivity contribution in [3.05, 3.63) is 64.0 Å². The van der Waals surface area contributed by atoms with Gasteiger partial charge in [0.1, 0.15) is 11.5 Å². The molecule has 2 rings (SSSR count). The van der Waals surface area contributed by atoms with Crippen LogP contribution in [0.15, 0.2) is 42.5 Å². The van der Waals surface area contributed by atoms with E-state index < -0.39 is 16.4 Å². The molecular weight excluding hydrogens is 265 g/mol. The average Bonchev–Trinajstić information content (AvgIpc) is 2.38. The molecule has 0 amide bonds. The molecule has 0 heterocycles. The highest BCUT2D eigenvalue weighted by Crippen LogP contribution is 2.28. The van der Waals surface area contributed by atoms with E-state index in [1.165, 1.54) is 13.0 Å². The molecule has 0 unspecified atom stereocenters. The molecule has 20 heavy (non-hydrogen) atoms. The molecule has 0 radical (unpaired) electrons. The summed E-state index contributed by atoms with van der Waals surface area (Å²) in [7, 11) is 0. The first-order valence-corrected chi connectivity index (χ1v) is 5.71. The monoisotopic (exact) mass is 275 g/mol. The number of rotatable bonds is 4. The SMILES string of the molecule is CC(=O)c1ccccc1Oc1ccc([N+](=O)[O-])c(F)c1. The second kappa shape index (κ2) is 5.48. The first-order chi connectivity index (χ1) is 9.49. The van der Waals surface area contributed by atoms with E-state index in [1.54, 1.807) is 24.3 Å². The Balaban J connectivity index is 2.34. The summed E-state index contributed by atoms with van der Waals surface area (Å²) in [6, 6.07) is 9.70. The minimum Gasteiger partial charge on any atom is -0.456 e. The largest absolute Gasteiger partial charge is 0.456 e. The fourth-order valence-electron chi connectivity index (χ4n) is 1.67. The Morgan fingerprint density at radius 2 is 1.95 bits per heavy atom. The summed E-state index contributed by atoms with van der Waals surface area (Å²) in [4.78, 5) is 21.1. The van der Waals surface area contributed by atoms with Crippen LogP contribution in [0, 0.1) is 15.9 Å². The number of carbonyl (C=O) groups excluding carboxylic acids is 1. The molecule has 0 N–H and O–H groups in total. The Morgan fingerprint density at radius 3 is 2.55 bits per heavy atom. The van der Waals surface area contributed by atoms with E-state index in [4.69, 9.17) is 4.74 Å². The molecule has 102 valence electrons. The zero-order valence-electron chi connectivity index (χ0n) is 10.5. The summed E-state index contributed by atoms with van der Waals surface area (Å²) in [5.74, 6) is -0.828. The molecule has 0 aromatic heterocycles. The summed E-state index contributed by atoms with van der Waals surface area (Å²) < 4.78 is 18.9. The highest BCUT2D eigenvalue weighted by molar-refractivity contribution is 5.96. The van der Waals surface area contributed by atoms with Crippen LogP contribution >= 0.6 is 0 Å². The van der Waals surface area contributed by atoms with Gasteiger partial charge in [0.25, 0.3) is 0 Å². The van der Waals surface area contributed by atoms with Gasteiger partial charge >= 0.3 is 5.69 Å². The van der Waals surface area contributed by atoms with Crippen molar-refractivity contribution in [2.75, 3.05) is 0 Å². The molecule has 0 atom stereocenters. The van der Waals surface area contributed by atoms with Crippen LogP contribution in [-0.2, 0) is 0 Å². The van der Waals surface area contributed by atoms with Crippen LogP contribution in [0.25, 0.3) is 0 Å². The Labute approximate surface area is 113 Å². The summed E-state index contributed by atoms with van der Waals surface area (Å²) in [5, 5.41) is 10.5. The van der Waals surface area contributed by atoms with Gasteiger partial charge in [-0.3, -0.25) is 14.9 Å². The number of nitrogens with zero attached hydrogens (tertiary/aromatic N) is 1. The maximum Gasteiger partial charge on any atom is 0.305 e. The van der Waals surface area contributed by atoms with Gasteiger partial charge in [0.05, 0.1) is 10.5 Å². The molecule has 0 fully saturated rings. The number of ketones is 1. The first kappa shape index (κ1) is 13.7. The lowest BCUT2D eigenvalue weighted by molar-refractivity contribution is -0.387. The van der Waals surface area contributed by atoms with Crippen molar-refractivity contribution in [1.82, 2.24) is 0 Å². The number of benzene rings is 2. The lowest BCUT2D eigenvalue weighted by Crippen LogP contribution is -1.97. The summed E-state index contributed by atoms with van der Waals surface area (Å²) >= 11 is 0. The van der Waals surface area contributed by atoms with Gasteiger partial charge in [0.15, 0.2) is 5.78 Å². The Bertz CT molecular complexity index is 685. The zero-order chi connectivity index (χ0) is 14.7. The summed E-state index contributed by atoms with van der Waals surface area (Å²) in [6.45, 7) is 1.39. The van der Waals surface area contributed by atoms with Gasteiger partial charge in [-0.05, 0) is 25.1 Å². The van der Waals surface area contributed by atoms with Gasteiger partial charge < -0.3 is 4.74 Å². The Kier molecular flexibility index (Phi) is 3.74. The molecule has 0 aliphatic heterocycles. The van der Waals surface area contributed by atoms with E-state index in [0.717, 1.165) is 12.1 Å². The van der Waals surface area contributed by atoms with Crippen molar-refractivity contribution in [2.45, 2.75) is 6.92 Å². The predicted octanol–water partition coefficient (Wildman–Crippen LogP) is 3.73. The normalized spacial score (nSPS) is 10.1. The van der Waals surface area contributed by atoms with E-state index in [9.17, 15) is 19.3 Å². The van der Waals surface area contributed by atoms with Crippen molar-refractivity contribution in [2.24, 2.45) is 0 Å². The van der Waals surface area contributed by atoms with E-state index in [1.807, 2.05) is 0 Å². The average molecular weight is 275 g/mol. The number of halogens is 1. The van der Waals surface area contributed by atoms with Gasteiger partial charge in [-0.2, -0.15) is 4.39 Å². The van der Waals surface area contributed by atoms with Gasteiger partial charge in [-0.1, -0.05) is 12.1 Å². The maximum atomic E-state index is 13.5. The van der Waals surface area contributed by atoms with Crippen LogP contribution in [0.4, 0.5) is 10.1 Å². The fraction of sp³-hybridized carbons (Fsp3) is 0.0714. The van der Waals surface area contributed by atoms with E-state index >= 15 is 0 Å². The number of nitro benzene ring substituents is 1. The summed E-state index contributed by atoms with van der Waals surface area (Å²) in [5.41, 5.74) is -0.275. The van der Waals surface area contributed by atoms with Crippen LogP contribution < -0.4 is 4.74 Å². The highest BCUT2D eigenvalue weighted by atomic mass is 19.1. The Morgan fingerprint density at radius 1 is 1.25 bits per heavy atom. The van der Waals surface area contributed by atoms with Gasteiger partial charge in [-0.15, -0.1) is 0 Å². The van der Waals surface area contributed by atoms with Gasteiger partial charge in [0.2, 0.25) is 5.82 Å². The van der Waals surface area contributed by atoms with Crippen LogP contribution in [-0.4, -0.2) is 10.7 Å². The lowest BCUT2D eigenvalue weighted by Gasteiger charge is -2.09. The predicted molar refractivity (Wildman–Crippen MR) is 69.6 cm³/mol. The minimum atomic E-state index is -0.993. The number of hydrogen-bond donors (Lipinski definition) is 0. The van der Waals surface area contributed by atoms with Crippen LogP contribution in [0.2, 0.25) is 0 Å². The van der Waals surface area contributed by atoms with E-state index in [-0.39, 0.29) is 17.3 Å². The molecule has 0 aliphatic rings. The molecule has 0 saturated heterocycles. The maximum absolute atomic E-state index is 13.5. The van der Waals surface area contributed by atoms with Crippen LogP contribution in [0.3, 0.4) is 0 Å². The summed E-state index contributed by atoms with van der Waals surface area (Å²) in [6.07, 6.45) is 0. The number of ether oxygens (including phenoxy) is 1. The smallest absolute Gasteiger partial charge is 0.305 e.